The van der Waals surface area contributed by atoms with E-state index < -0.39 is 5.91 Å². The van der Waals surface area contributed by atoms with Crippen molar-refractivity contribution < 1.29 is 4.79 Å². The van der Waals surface area contributed by atoms with E-state index in [0.29, 0.717) is 5.65 Å². The fraction of sp³-hybridized carbons (Fsp3) is 0.0526. The molecule has 4 aromatic rings. The molecule has 0 aliphatic rings. The normalized spacial score (nSPS) is 10.9. The largest absolute Gasteiger partial charge is 0.363 e. The van der Waals surface area contributed by atoms with Crippen LogP contribution in [0, 0.1) is 6.92 Å². The Morgan fingerprint density at radius 1 is 0.960 bits per heavy atom. The molecule has 1 amide bonds. The Hall–Kier alpha value is -3.54. The summed E-state index contributed by atoms with van der Waals surface area (Å²) < 4.78 is 1.61. The van der Waals surface area contributed by atoms with E-state index in [4.69, 9.17) is 5.73 Å². The predicted octanol–water partition coefficient (Wildman–Crippen LogP) is 2.87. The number of amides is 1. The summed E-state index contributed by atoms with van der Waals surface area (Å²) in [5, 5.41) is 7.81. The van der Waals surface area contributed by atoms with Crippen LogP contribution in [0.1, 0.15) is 16.3 Å². The Balaban J connectivity index is 1.92. The summed E-state index contributed by atoms with van der Waals surface area (Å²) in [6.07, 6.45) is 1.82. The molecule has 0 spiro atoms. The zero-order valence-electron chi connectivity index (χ0n) is 13.5. The SMILES string of the molecule is Cc1cccc(-c2ccccc2-c2ccc3nnc(C(N)=O)n3c2)n1. The number of aromatic nitrogens is 4. The maximum atomic E-state index is 11.5. The van der Waals surface area contributed by atoms with Crippen molar-refractivity contribution in [2.75, 3.05) is 0 Å². The van der Waals surface area contributed by atoms with Crippen molar-refractivity contribution in [3.8, 4) is 22.4 Å². The van der Waals surface area contributed by atoms with Crippen molar-refractivity contribution in [1.29, 1.82) is 0 Å². The fourth-order valence-electron chi connectivity index (χ4n) is 2.87. The number of nitrogens with two attached hydrogens (primary N) is 1. The van der Waals surface area contributed by atoms with E-state index in [9.17, 15) is 4.79 Å². The molecule has 0 fully saturated rings. The number of carbonyl (C=O) groups excluding carboxylic acids is 1. The molecule has 4 rings (SSSR count). The minimum atomic E-state index is -0.613. The lowest BCUT2D eigenvalue weighted by molar-refractivity contribution is 0.0989. The highest BCUT2D eigenvalue weighted by atomic mass is 16.1. The van der Waals surface area contributed by atoms with Crippen LogP contribution in [0.3, 0.4) is 0 Å². The second-order valence-electron chi connectivity index (χ2n) is 5.74. The first-order chi connectivity index (χ1) is 12.1. The van der Waals surface area contributed by atoms with Gasteiger partial charge < -0.3 is 5.73 Å². The molecule has 6 heteroatoms. The van der Waals surface area contributed by atoms with E-state index >= 15 is 0 Å². The van der Waals surface area contributed by atoms with Gasteiger partial charge in [-0.1, -0.05) is 30.3 Å². The molecule has 0 saturated heterocycles. The number of rotatable bonds is 3. The number of nitrogens with zero attached hydrogens (tertiary/aromatic N) is 4. The third kappa shape index (κ3) is 2.63. The van der Waals surface area contributed by atoms with Crippen LogP contribution in [0.25, 0.3) is 28.0 Å². The molecule has 0 atom stereocenters. The molecule has 122 valence electrons. The summed E-state index contributed by atoms with van der Waals surface area (Å²) in [5.74, 6) is -0.499. The summed E-state index contributed by atoms with van der Waals surface area (Å²) in [6.45, 7) is 1.97. The van der Waals surface area contributed by atoms with Gasteiger partial charge in [-0.25, -0.2) is 0 Å². The molecular formula is C19H15N5O. The van der Waals surface area contributed by atoms with Gasteiger partial charge in [0.05, 0.1) is 5.69 Å². The van der Waals surface area contributed by atoms with Crippen molar-refractivity contribution in [2.45, 2.75) is 6.92 Å². The number of benzene rings is 1. The second kappa shape index (κ2) is 5.83. The molecular weight excluding hydrogens is 314 g/mol. The van der Waals surface area contributed by atoms with Gasteiger partial charge in [-0.05, 0) is 42.3 Å². The molecule has 25 heavy (non-hydrogen) atoms. The van der Waals surface area contributed by atoms with Crippen molar-refractivity contribution >= 4 is 11.6 Å². The first-order valence-electron chi connectivity index (χ1n) is 7.81. The first kappa shape index (κ1) is 15.0. The van der Waals surface area contributed by atoms with Crippen molar-refractivity contribution in [3.63, 3.8) is 0 Å². The molecule has 3 aromatic heterocycles. The molecule has 0 radical (unpaired) electrons. The average Bonchev–Trinajstić information content (AvgIpc) is 3.05. The van der Waals surface area contributed by atoms with E-state index in [-0.39, 0.29) is 5.82 Å². The number of primary amides is 1. The van der Waals surface area contributed by atoms with Gasteiger partial charge in [-0.2, -0.15) is 0 Å². The van der Waals surface area contributed by atoms with Crippen LogP contribution in [0.4, 0.5) is 0 Å². The maximum Gasteiger partial charge on any atom is 0.287 e. The van der Waals surface area contributed by atoms with Gasteiger partial charge in [0.1, 0.15) is 0 Å². The number of fused-ring (bicyclic) bond motifs is 1. The zero-order valence-corrected chi connectivity index (χ0v) is 13.5. The molecule has 6 nitrogen and oxygen atoms in total. The Labute approximate surface area is 144 Å². The summed E-state index contributed by atoms with van der Waals surface area (Å²) in [7, 11) is 0. The van der Waals surface area contributed by atoms with Gasteiger partial charge in [0, 0.05) is 17.5 Å². The number of hydrogen-bond donors (Lipinski definition) is 1. The zero-order chi connectivity index (χ0) is 17.4. The average molecular weight is 329 g/mol. The lowest BCUT2D eigenvalue weighted by atomic mass is 9.98. The molecule has 0 unspecified atom stereocenters. The van der Waals surface area contributed by atoms with Crippen molar-refractivity contribution in [1.82, 2.24) is 19.6 Å². The van der Waals surface area contributed by atoms with Crippen molar-refractivity contribution in [3.05, 3.63) is 72.3 Å². The lowest BCUT2D eigenvalue weighted by Gasteiger charge is -2.10. The highest BCUT2D eigenvalue weighted by Crippen LogP contribution is 2.31. The third-order valence-electron chi connectivity index (χ3n) is 4.03. The summed E-state index contributed by atoms with van der Waals surface area (Å²) in [6, 6.07) is 17.7. The van der Waals surface area contributed by atoms with Gasteiger partial charge >= 0.3 is 0 Å². The van der Waals surface area contributed by atoms with Crippen LogP contribution in [0.2, 0.25) is 0 Å². The molecule has 3 heterocycles. The quantitative estimate of drug-likeness (QED) is 0.626. The third-order valence-corrected chi connectivity index (χ3v) is 4.03. The van der Waals surface area contributed by atoms with Crippen LogP contribution >= 0.6 is 0 Å². The van der Waals surface area contributed by atoms with Crippen LogP contribution in [0.15, 0.2) is 60.8 Å². The molecule has 0 saturated carbocycles. The van der Waals surface area contributed by atoms with Crippen LogP contribution in [-0.4, -0.2) is 25.5 Å². The number of carbonyl (C=O) groups is 1. The topological polar surface area (TPSA) is 86.2 Å². The molecule has 0 aliphatic carbocycles. The van der Waals surface area contributed by atoms with Crippen molar-refractivity contribution in [2.24, 2.45) is 5.73 Å². The predicted molar refractivity (Wildman–Crippen MR) is 94.9 cm³/mol. The number of aryl methyl sites for hydroxylation is 1. The van der Waals surface area contributed by atoms with E-state index in [1.165, 1.54) is 0 Å². The van der Waals surface area contributed by atoms with Crippen LogP contribution < -0.4 is 5.73 Å². The monoisotopic (exact) mass is 329 g/mol. The molecule has 2 N–H and O–H groups in total. The summed E-state index contributed by atoms with van der Waals surface area (Å²) in [5.41, 5.74) is 10.7. The Bertz CT molecular complexity index is 1100. The maximum absolute atomic E-state index is 11.5. The van der Waals surface area contributed by atoms with Gasteiger partial charge in [0.15, 0.2) is 5.65 Å². The molecule has 0 aliphatic heterocycles. The number of hydrogen-bond acceptors (Lipinski definition) is 4. The Morgan fingerprint density at radius 2 is 1.76 bits per heavy atom. The second-order valence-corrected chi connectivity index (χ2v) is 5.74. The van der Waals surface area contributed by atoms with Gasteiger partial charge in [-0.15, -0.1) is 10.2 Å². The fourth-order valence-corrected chi connectivity index (χ4v) is 2.87. The minimum absolute atomic E-state index is 0.114. The number of pyridine rings is 2. The van der Waals surface area contributed by atoms with Crippen LogP contribution in [0.5, 0.6) is 0 Å². The molecule has 1 aromatic carbocycles. The highest BCUT2D eigenvalue weighted by Gasteiger charge is 2.13. The Morgan fingerprint density at radius 3 is 2.52 bits per heavy atom. The van der Waals surface area contributed by atoms with E-state index in [1.807, 2.05) is 67.7 Å². The standard InChI is InChI=1S/C19H15N5O/c1-12-5-4-8-16(21-12)15-7-3-2-6-14(15)13-9-10-17-22-23-19(18(20)25)24(17)11-13/h2-11H,1H3,(H2,20,25). The molecule has 0 bridgehead atoms. The highest BCUT2D eigenvalue weighted by molar-refractivity contribution is 5.90. The van der Waals surface area contributed by atoms with Gasteiger partial charge in [0.2, 0.25) is 5.82 Å². The van der Waals surface area contributed by atoms with Crippen LogP contribution in [-0.2, 0) is 0 Å². The van der Waals surface area contributed by atoms with Gasteiger partial charge in [-0.3, -0.25) is 14.2 Å². The van der Waals surface area contributed by atoms with Gasteiger partial charge in [0.25, 0.3) is 5.91 Å². The van der Waals surface area contributed by atoms with E-state index in [0.717, 1.165) is 28.1 Å². The summed E-state index contributed by atoms with van der Waals surface area (Å²) in [4.78, 5) is 16.2. The smallest absolute Gasteiger partial charge is 0.287 e. The first-order valence-corrected chi connectivity index (χ1v) is 7.81. The minimum Gasteiger partial charge on any atom is -0.363 e. The lowest BCUT2D eigenvalue weighted by Crippen LogP contribution is -2.15. The van der Waals surface area contributed by atoms with E-state index in [1.54, 1.807) is 4.40 Å². The Kier molecular flexibility index (Phi) is 3.50. The van der Waals surface area contributed by atoms with E-state index in [2.05, 4.69) is 15.2 Å². The summed E-state index contributed by atoms with van der Waals surface area (Å²) >= 11 is 0.